The number of pyridine rings is 2. The third-order valence-electron chi connectivity index (χ3n) is 15.6. The second-order valence-electron chi connectivity index (χ2n) is 22.6. The van der Waals surface area contributed by atoms with Crippen LogP contribution in [0.5, 0.6) is 0 Å². The number of unbranched alkanes of at least 4 members (excludes halogenated alkanes) is 1. The molecule has 6 heterocycles. The first kappa shape index (κ1) is 71.4. The zero-order valence-corrected chi connectivity index (χ0v) is 55.5. The van der Waals surface area contributed by atoms with E-state index < -0.39 is 76.3 Å². The van der Waals surface area contributed by atoms with Crippen LogP contribution in [-0.4, -0.2) is 160 Å². The molecule has 6 aromatic rings. The molecule has 8 rings (SSSR count). The van der Waals surface area contributed by atoms with E-state index >= 15 is 0 Å². The average molecular weight is 1350 g/mol. The van der Waals surface area contributed by atoms with Crippen LogP contribution in [0.15, 0.2) is 89.3 Å². The normalized spacial score (nSPS) is 14.5. The Kier molecular flexibility index (Phi) is 25.3. The van der Waals surface area contributed by atoms with Crippen molar-refractivity contribution in [1.82, 2.24) is 54.9 Å². The molecule has 0 fully saturated rings. The maximum absolute atomic E-state index is 14.4. The number of fused-ring (bicyclic) bond motifs is 5. The molecule has 0 spiro atoms. The van der Waals surface area contributed by atoms with Gasteiger partial charge < -0.3 is 60.6 Å². The van der Waals surface area contributed by atoms with E-state index in [1.165, 1.54) is 27.3 Å². The van der Waals surface area contributed by atoms with Gasteiger partial charge in [0, 0.05) is 91.4 Å². The van der Waals surface area contributed by atoms with Crippen LogP contribution in [0.3, 0.4) is 0 Å². The van der Waals surface area contributed by atoms with Crippen LogP contribution in [0.1, 0.15) is 105 Å². The Labute approximate surface area is 552 Å². The van der Waals surface area contributed by atoms with E-state index in [-0.39, 0.29) is 98.8 Å². The van der Waals surface area contributed by atoms with Crippen molar-refractivity contribution < 1.29 is 65.7 Å². The Morgan fingerprint density at radius 1 is 0.916 bits per heavy atom. The molecule has 28 nitrogen and oxygen atoms in total. The summed E-state index contributed by atoms with van der Waals surface area (Å²) in [6.07, 6.45) is 10.9. The highest BCUT2D eigenvalue weighted by molar-refractivity contribution is 8.14. The van der Waals surface area contributed by atoms with Crippen molar-refractivity contribution in [2.45, 2.75) is 128 Å². The number of hydrogen-bond donors (Lipinski definition) is 6. The molecule has 95 heavy (non-hydrogen) atoms. The molecule has 4 aromatic heterocycles. The number of carbonyl (C=O) groups excluding carboxylic acids is 7. The van der Waals surface area contributed by atoms with Crippen molar-refractivity contribution >= 4 is 84.2 Å². The summed E-state index contributed by atoms with van der Waals surface area (Å²) in [6.45, 7) is 7.23. The second kappa shape index (κ2) is 33.6. The second-order valence-corrected chi connectivity index (χ2v) is 26.5. The van der Waals surface area contributed by atoms with Crippen LogP contribution in [0, 0.1) is 11.8 Å². The molecule has 7 N–H and O–H groups in total. The minimum atomic E-state index is -3.55. The third-order valence-corrected chi connectivity index (χ3v) is 18.6. The van der Waals surface area contributed by atoms with Gasteiger partial charge in [-0.1, -0.05) is 54.5 Å². The number of cyclic esters (lactones) is 1. The van der Waals surface area contributed by atoms with E-state index in [0.29, 0.717) is 73.5 Å². The molecule has 6 amide bonds. The fraction of sp³-hybridized carbons (Fsp3) is 0.431. The monoisotopic (exact) mass is 1350 g/mol. The van der Waals surface area contributed by atoms with Gasteiger partial charge in [-0.05, 0) is 94.5 Å². The van der Waals surface area contributed by atoms with Gasteiger partial charge in [-0.15, -0.1) is 10.5 Å². The number of benzene rings is 2. The number of ether oxygens (including phenoxy) is 5. The molecule has 0 saturated carbocycles. The fourth-order valence-corrected chi connectivity index (χ4v) is 12.5. The minimum absolute atomic E-state index is 0.0688. The fourth-order valence-electron chi connectivity index (χ4n) is 10.7. The number of nitrogens with one attached hydrogen (secondary N) is 5. The molecule has 2 aromatic carbocycles. The van der Waals surface area contributed by atoms with E-state index in [9.17, 15) is 46.8 Å². The lowest BCUT2D eigenvalue weighted by atomic mass is 9.85. The summed E-state index contributed by atoms with van der Waals surface area (Å²) in [5, 5.41) is 21.2. The number of nitrogens with two attached hydrogens (primary N) is 1. The van der Waals surface area contributed by atoms with Gasteiger partial charge in [-0.2, -0.15) is 9.40 Å². The van der Waals surface area contributed by atoms with Crippen LogP contribution in [0.4, 0.5) is 15.3 Å². The largest absolute Gasteiger partial charge is 0.510 e. The maximum atomic E-state index is 14.4. The Bertz CT molecular complexity index is 4070. The number of rotatable bonds is 32. The van der Waals surface area contributed by atoms with Crippen molar-refractivity contribution in [2.75, 3.05) is 63.9 Å². The summed E-state index contributed by atoms with van der Waals surface area (Å²) in [7, 11) is -3.65. The zero-order valence-electron chi connectivity index (χ0n) is 53.8. The Morgan fingerprint density at radius 3 is 2.40 bits per heavy atom. The zero-order chi connectivity index (χ0) is 68.2. The van der Waals surface area contributed by atoms with Crippen molar-refractivity contribution in [1.29, 1.82) is 0 Å². The van der Waals surface area contributed by atoms with E-state index in [0.717, 1.165) is 32.8 Å². The molecule has 0 aliphatic carbocycles. The van der Waals surface area contributed by atoms with Gasteiger partial charge in [0.05, 0.1) is 66.8 Å². The number of esters is 1. The number of para-hydroxylation sites is 1. The Hall–Kier alpha value is -9.41. The topological polar surface area (TPSA) is 368 Å². The summed E-state index contributed by atoms with van der Waals surface area (Å²) in [4.78, 5) is 118. The van der Waals surface area contributed by atoms with Crippen LogP contribution >= 0.6 is 10.5 Å². The van der Waals surface area contributed by atoms with E-state index in [1.807, 2.05) is 31.2 Å². The van der Waals surface area contributed by atoms with Gasteiger partial charge in [-0.3, -0.25) is 28.7 Å². The summed E-state index contributed by atoms with van der Waals surface area (Å²) < 4.78 is 58.0. The van der Waals surface area contributed by atoms with Gasteiger partial charge in [0.2, 0.25) is 39.3 Å². The van der Waals surface area contributed by atoms with Crippen molar-refractivity contribution in [3.8, 4) is 23.2 Å². The third kappa shape index (κ3) is 19.4. The van der Waals surface area contributed by atoms with Gasteiger partial charge in [0.15, 0.2) is 5.16 Å². The van der Waals surface area contributed by atoms with E-state index in [2.05, 4.69) is 65.1 Å². The first-order chi connectivity index (χ1) is 45.6. The summed E-state index contributed by atoms with van der Waals surface area (Å²) in [6, 6.07) is 13.0. The maximum Gasteiger partial charge on any atom is 0.510 e. The van der Waals surface area contributed by atoms with Crippen LogP contribution in [0.25, 0.3) is 22.3 Å². The minimum Gasteiger partial charge on any atom is -0.457 e. The molecule has 2 aliphatic heterocycles. The van der Waals surface area contributed by atoms with E-state index in [1.54, 1.807) is 68.4 Å². The van der Waals surface area contributed by atoms with Crippen molar-refractivity contribution in [3.63, 3.8) is 0 Å². The van der Waals surface area contributed by atoms with Gasteiger partial charge >= 0.3 is 18.2 Å². The SMILES string of the molecule is C/C=S(\C)c1ncc(C#CCCCC(=O)NCc2cnn(CCOCCNC(=O)COCC(=O)N[C@@H](CCCNC(N)=O)C(=O)Nc3ccc(COC(=O)O[C@]4(CC)C(=O)OCc5c4cc4n(c5=O)Cc5c-4nc4ccccc4c5CCN(C(C)C)S(C)(=O)=O)cc3)c2)cn1. The average Bonchev–Trinajstić information content (AvgIpc) is 1.63. The number of sulfonamides is 1. The number of anilines is 1. The van der Waals surface area contributed by atoms with Gasteiger partial charge in [0.25, 0.3) is 5.56 Å². The predicted molar refractivity (Wildman–Crippen MR) is 353 cm³/mol. The smallest absolute Gasteiger partial charge is 0.457 e. The van der Waals surface area contributed by atoms with Crippen molar-refractivity contribution in [2.24, 2.45) is 5.73 Å². The molecule has 0 radical (unpaired) electrons. The molecule has 3 atom stereocenters. The number of carbonyl (C=O) groups is 7. The number of nitrogens with zero attached hydrogens (tertiary/aromatic N) is 7. The molecule has 1 unspecified atom stereocenters. The molecule has 0 saturated heterocycles. The number of primary amides is 1. The molecular formula is C65H79N13O15S2. The Balaban J connectivity index is 0.760. The predicted octanol–water partition coefficient (Wildman–Crippen LogP) is 4.28. The number of urea groups is 1. The first-order valence-corrected chi connectivity index (χ1v) is 34.5. The molecule has 0 bridgehead atoms. The lowest BCUT2D eigenvalue weighted by molar-refractivity contribution is -0.175. The summed E-state index contributed by atoms with van der Waals surface area (Å²) >= 11 is 0. The Morgan fingerprint density at radius 2 is 1.67 bits per heavy atom. The molecule has 506 valence electrons. The van der Waals surface area contributed by atoms with Gasteiger partial charge in [0.1, 0.15) is 32.5 Å². The highest BCUT2D eigenvalue weighted by Crippen LogP contribution is 2.42. The quantitative estimate of drug-likeness (QED) is 0.0113. The number of hydrogen-bond acceptors (Lipinski definition) is 19. The highest BCUT2D eigenvalue weighted by atomic mass is 32.2. The number of amides is 6. The van der Waals surface area contributed by atoms with Gasteiger partial charge in [-0.25, -0.2) is 37.8 Å². The summed E-state index contributed by atoms with van der Waals surface area (Å²) in [5.41, 5.74) is 8.21. The lowest BCUT2D eigenvalue weighted by Crippen LogP contribution is -2.47. The van der Waals surface area contributed by atoms with E-state index in [4.69, 9.17) is 34.4 Å². The number of aromatic nitrogens is 6. The summed E-state index contributed by atoms with van der Waals surface area (Å²) in [5.74, 6) is 3.27. The van der Waals surface area contributed by atoms with Crippen LogP contribution in [0.2, 0.25) is 0 Å². The van der Waals surface area contributed by atoms with Crippen molar-refractivity contribution in [3.05, 3.63) is 129 Å². The highest BCUT2D eigenvalue weighted by Gasteiger charge is 2.51. The molecular weight excluding hydrogens is 1270 g/mol. The van der Waals surface area contributed by atoms with Crippen LogP contribution < -0.4 is 37.9 Å². The molecule has 30 heteroatoms. The van der Waals surface area contributed by atoms with Crippen LogP contribution in [-0.2, 0) is 103 Å². The standard InChI is InChI=1S/C65H79N13O15S2/c1-7-65(51-31-54-58-49(37-77(54)60(83)50(51)39-91-61(65)84)47(48-16-12-13-17-52(48)75-58)24-27-78(42(3)4)95(6,87)88)93-64(86)92-38-43-20-22-46(23-21-43)73-59(82)53(18-14-25-68-62(66)85)74-57(81)41-90-40-56(80)67-26-29-89-30-28-76-36-45(35-72-76)34-69-55(79)19-11-9-10-15-44-32-70-63(71-33-44)94(5)8-2/h8,12-13,16-17,20-23,31-33,35-36,42,53H,7,9,11,14,18-19,24-30,34,37-41H2,1-6H3,(H,67,80)(H,69,79)(H,73,82)(H,74,81)(H3,66,68,85)/t53-,65-,94?/m0/s1. The first-order valence-electron chi connectivity index (χ1n) is 30.9. The molecule has 2 aliphatic rings. The lowest BCUT2D eigenvalue weighted by Gasteiger charge is -2.35.